The van der Waals surface area contributed by atoms with Crippen LogP contribution in [0.15, 0.2) is 0 Å². The first-order valence-corrected chi connectivity index (χ1v) is 9.31. The first kappa shape index (κ1) is 15.5. The maximum atomic E-state index is 11.0. The molecule has 1 heterocycles. The molecule has 0 spiro atoms. The molecule has 0 saturated carbocycles. The third-order valence-electron chi connectivity index (χ3n) is 4.18. The Hall–Kier alpha value is -0.593. The van der Waals surface area contributed by atoms with Crippen molar-refractivity contribution < 1.29 is 14.3 Å². The van der Waals surface area contributed by atoms with Gasteiger partial charge in [-0.1, -0.05) is 20.8 Å². The molecule has 1 saturated heterocycles. The Morgan fingerprint density at radius 3 is 2.39 bits per heavy atom. The maximum absolute atomic E-state index is 11.0. The zero-order chi connectivity index (χ0) is 14.1. The predicted molar refractivity (Wildman–Crippen MR) is 74.5 cm³/mol. The lowest BCUT2D eigenvalue weighted by molar-refractivity contribution is 0.0923. The molecule has 1 aliphatic heterocycles. The van der Waals surface area contributed by atoms with E-state index in [-0.39, 0.29) is 17.2 Å². The number of nitrogens with zero attached hydrogens (tertiary/aromatic N) is 1. The van der Waals surface area contributed by atoms with Crippen molar-refractivity contribution >= 4 is 14.4 Å². The maximum Gasteiger partial charge on any atom is 0.407 e. The van der Waals surface area contributed by atoms with Crippen molar-refractivity contribution in [2.45, 2.75) is 51.0 Å². The number of likely N-dealkylation sites (N-methyl/N-ethyl adjacent to an activating group) is 1. The fourth-order valence-electron chi connectivity index (χ4n) is 1.84. The van der Waals surface area contributed by atoms with E-state index in [1.165, 1.54) is 4.90 Å². The Morgan fingerprint density at radius 1 is 1.39 bits per heavy atom. The van der Waals surface area contributed by atoms with Gasteiger partial charge in [0.15, 0.2) is 8.32 Å². The van der Waals surface area contributed by atoms with Gasteiger partial charge in [0.25, 0.3) is 0 Å². The van der Waals surface area contributed by atoms with Crippen LogP contribution >= 0.6 is 0 Å². The molecule has 0 aromatic rings. The molecule has 6 heteroatoms. The second kappa shape index (κ2) is 5.18. The lowest BCUT2D eigenvalue weighted by Gasteiger charge is -2.40. The van der Waals surface area contributed by atoms with Crippen LogP contribution < -0.4 is 5.32 Å². The van der Waals surface area contributed by atoms with Crippen molar-refractivity contribution in [1.29, 1.82) is 0 Å². The van der Waals surface area contributed by atoms with Gasteiger partial charge in [0.1, 0.15) is 0 Å². The van der Waals surface area contributed by atoms with Crippen molar-refractivity contribution in [3.05, 3.63) is 0 Å². The third-order valence-corrected chi connectivity index (χ3v) is 8.68. The van der Waals surface area contributed by atoms with Crippen molar-refractivity contribution in [2.75, 3.05) is 20.1 Å². The molecule has 0 aliphatic carbocycles. The topological polar surface area (TPSA) is 61.8 Å². The Morgan fingerprint density at radius 2 is 1.94 bits per heavy atom. The molecule has 0 aromatic carbocycles. The largest absolute Gasteiger partial charge is 0.465 e. The lowest BCUT2D eigenvalue weighted by Crippen LogP contribution is -2.51. The highest BCUT2D eigenvalue weighted by Gasteiger charge is 2.43. The summed E-state index contributed by atoms with van der Waals surface area (Å²) in [5, 5.41) is 12.4. The van der Waals surface area contributed by atoms with Gasteiger partial charge < -0.3 is 19.7 Å². The van der Waals surface area contributed by atoms with Crippen LogP contribution in [0, 0.1) is 0 Å². The Labute approximate surface area is 111 Å². The monoisotopic (exact) mass is 274 g/mol. The summed E-state index contributed by atoms with van der Waals surface area (Å²) in [6, 6.07) is -0.0865. The molecule has 1 fully saturated rings. The van der Waals surface area contributed by atoms with E-state index >= 15 is 0 Å². The van der Waals surface area contributed by atoms with Crippen LogP contribution in [0.5, 0.6) is 0 Å². The average Bonchev–Trinajstić information content (AvgIpc) is 2.61. The lowest BCUT2D eigenvalue weighted by atomic mass is 10.2. The van der Waals surface area contributed by atoms with E-state index < -0.39 is 14.4 Å². The van der Waals surface area contributed by atoms with Crippen LogP contribution in [0.4, 0.5) is 4.79 Å². The zero-order valence-electron chi connectivity index (χ0n) is 12.3. The van der Waals surface area contributed by atoms with E-state index in [0.717, 1.165) is 6.54 Å². The molecular formula is C12H26N2O3Si. The summed E-state index contributed by atoms with van der Waals surface area (Å²) in [4.78, 5) is 12.4. The summed E-state index contributed by atoms with van der Waals surface area (Å²) in [7, 11) is -0.239. The smallest absolute Gasteiger partial charge is 0.407 e. The summed E-state index contributed by atoms with van der Waals surface area (Å²) < 4.78 is 6.32. The molecule has 5 nitrogen and oxygen atoms in total. The Kier molecular flexibility index (Phi) is 4.45. The predicted octanol–water partition coefficient (Wildman–Crippen LogP) is 1.96. The SMILES string of the molecule is CN(C(=O)O)C1CNCC1O[Si](C)(C)C(C)(C)C. The van der Waals surface area contributed by atoms with E-state index in [1.54, 1.807) is 7.05 Å². The first-order valence-electron chi connectivity index (χ1n) is 6.40. The van der Waals surface area contributed by atoms with E-state index in [0.29, 0.717) is 6.54 Å². The third kappa shape index (κ3) is 3.24. The van der Waals surface area contributed by atoms with Crippen molar-refractivity contribution in [3.63, 3.8) is 0 Å². The van der Waals surface area contributed by atoms with Gasteiger partial charge in [-0.3, -0.25) is 0 Å². The van der Waals surface area contributed by atoms with Crippen LogP contribution in [0.2, 0.25) is 18.1 Å². The van der Waals surface area contributed by atoms with Gasteiger partial charge in [-0.15, -0.1) is 0 Å². The van der Waals surface area contributed by atoms with Crippen LogP contribution in [0.3, 0.4) is 0 Å². The van der Waals surface area contributed by atoms with Gasteiger partial charge in [0, 0.05) is 20.1 Å². The number of hydrogen-bond acceptors (Lipinski definition) is 3. The molecule has 0 radical (unpaired) electrons. The minimum absolute atomic E-state index is 0.0352. The molecule has 2 atom stereocenters. The van der Waals surface area contributed by atoms with Crippen LogP contribution in [-0.2, 0) is 4.43 Å². The summed E-state index contributed by atoms with van der Waals surface area (Å²) in [5.74, 6) is 0. The highest BCUT2D eigenvalue weighted by Crippen LogP contribution is 2.38. The van der Waals surface area contributed by atoms with Crippen molar-refractivity contribution in [3.8, 4) is 0 Å². The first-order chi connectivity index (χ1) is 8.06. The van der Waals surface area contributed by atoms with Gasteiger partial charge in [-0.05, 0) is 18.1 Å². The molecule has 18 heavy (non-hydrogen) atoms. The number of nitrogens with one attached hydrogen (secondary N) is 1. The van der Waals surface area contributed by atoms with Crippen LogP contribution in [0.1, 0.15) is 20.8 Å². The number of amides is 1. The minimum Gasteiger partial charge on any atom is -0.465 e. The van der Waals surface area contributed by atoms with Gasteiger partial charge in [0.05, 0.1) is 12.1 Å². The van der Waals surface area contributed by atoms with Crippen LogP contribution in [0.25, 0.3) is 0 Å². The summed E-state index contributed by atoms with van der Waals surface area (Å²) in [5.41, 5.74) is 0. The average molecular weight is 274 g/mol. The Bertz CT molecular complexity index is 315. The van der Waals surface area contributed by atoms with Gasteiger partial charge >= 0.3 is 6.09 Å². The highest BCUT2D eigenvalue weighted by atomic mass is 28.4. The molecule has 106 valence electrons. The molecule has 2 unspecified atom stereocenters. The molecule has 1 aliphatic rings. The van der Waals surface area contributed by atoms with E-state index in [1.807, 2.05) is 0 Å². The van der Waals surface area contributed by atoms with Gasteiger partial charge in [-0.2, -0.15) is 0 Å². The second-order valence-electron chi connectivity index (χ2n) is 6.54. The molecule has 0 aromatic heterocycles. The highest BCUT2D eigenvalue weighted by molar-refractivity contribution is 6.74. The normalized spacial score (nSPS) is 25.2. The fourth-order valence-corrected chi connectivity index (χ4v) is 3.20. The number of rotatable bonds is 3. The molecular weight excluding hydrogens is 248 g/mol. The van der Waals surface area contributed by atoms with E-state index in [9.17, 15) is 4.79 Å². The van der Waals surface area contributed by atoms with Crippen molar-refractivity contribution in [1.82, 2.24) is 10.2 Å². The summed E-state index contributed by atoms with van der Waals surface area (Å²) in [6.07, 6.45) is -0.931. The summed E-state index contributed by atoms with van der Waals surface area (Å²) >= 11 is 0. The standard InChI is InChI=1S/C12H26N2O3Si/c1-12(2,3)18(5,6)17-10-8-13-7-9(10)14(4)11(15)16/h9-10,13H,7-8H2,1-6H3,(H,15,16). The zero-order valence-corrected chi connectivity index (χ0v) is 13.3. The minimum atomic E-state index is -1.85. The van der Waals surface area contributed by atoms with Gasteiger partial charge in [-0.25, -0.2) is 4.79 Å². The summed E-state index contributed by atoms with van der Waals surface area (Å²) in [6.45, 7) is 12.4. The van der Waals surface area contributed by atoms with Crippen LogP contribution in [-0.4, -0.2) is 56.7 Å². The van der Waals surface area contributed by atoms with Crippen molar-refractivity contribution in [2.24, 2.45) is 0 Å². The van der Waals surface area contributed by atoms with Gasteiger partial charge in [0.2, 0.25) is 0 Å². The molecule has 0 bridgehead atoms. The molecule has 2 N–H and O–H groups in total. The number of hydrogen-bond donors (Lipinski definition) is 2. The fraction of sp³-hybridized carbons (Fsp3) is 0.917. The number of carbonyl (C=O) groups is 1. The van der Waals surface area contributed by atoms with E-state index in [4.69, 9.17) is 9.53 Å². The number of carboxylic acid groups (broad SMARTS) is 1. The second-order valence-corrected chi connectivity index (χ2v) is 11.3. The molecule has 1 rings (SSSR count). The quantitative estimate of drug-likeness (QED) is 0.772. The van der Waals surface area contributed by atoms with E-state index in [2.05, 4.69) is 39.2 Å². The molecule has 1 amide bonds. The Balaban J connectivity index is 2.75.